The summed E-state index contributed by atoms with van der Waals surface area (Å²) in [7, 11) is 0. The monoisotopic (exact) mass is 715 g/mol. The Hall–Kier alpha value is -2.63. The Labute approximate surface area is 314 Å². The van der Waals surface area contributed by atoms with Gasteiger partial charge in [0.2, 0.25) is 0 Å². The minimum atomic E-state index is -0.781. The maximum atomic E-state index is 12.6. The zero-order chi connectivity index (χ0) is 37.3. The summed E-state index contributed by atoms with van der Waals surface area (Å²) in [5.74, 6) is -0.929. The minimum Gasteiger partial charge on any atom is -0.462 e. The molecule has 1 unspecified atom stereocenters. The second-order valence-corrected chi connectivity index (χ2v) is 13.9. The highest BCUT2D eigenvalue weighted by Gasteiger charge is 2.19. The van der Waals surface area contributed by atoms with Crippen LogP contribution >= 0.6 is 0 Å². The van der Waals surface area contributed by atoms with Gasteiger partial charge >= 0.3 is 17.9 Å². The largest absolute Gasteiger partial charge is 0.462 e. The van der Waals surface area contributed by atoms with Gasteiger partial charge in [-0.05, 0) is 70.6 Å². The smallest absolute Gasteiger partial charge is 0.306 e. The van der Waals surface area contributed by atoms with E-state index in [-0.39, 0.29) is 31.1 Å². The molecule has 0 aliphatic rings. The van der Waals surface area contributed by atoms with E-state index < -0.39 is 6.10 Å². The predicted molar refractivity (Wildman–Crippen MR) is 215 cm³/mol. The average molecular weight is 715 g/mol. The lowest BCUT2D eigenvalue weighted by atomic mass is 10.1. The van der Waals surface area contributed by atoms with Crippen LogP contribution in [0.25, 0.3) is 0 Å². The first kappa shape index (κ1) is 48.4. The van der Waals surface area contributed by atoms with Crippen LogP contribution in [-0.2, 0) is 28.6 Å². The van der Waals surface area contributed by atoms with Crippen LogP contribution in [0.1, 0.15) is 201 Å². The molecule has 294 valence electrons. The molecule has 0 radical (unpaired) electrons. The Balaban J connectivity index is 4.41. The molecule has 6 nitrogen and oxygen atoms in total. The number of allylic oxidation sites excluding steroid dienone is 8. The maximum absolute atomic E-state index is 12.6. The van der Waals surface area contributed by atoms with Crippen LogP contribution in [0.15, 0.2) is 48.6 Å². The highest BCUT2D eigenvalue weighted by Crippen LogP contribution is 2.13. The van der Waals surface area contributed by atoms with E-state index in [0.29, 0.717) is 19.3 Å². The van der Waals surface area contributed by atoms with Gasteiger partial charge in [-0.3, -0.25) is 14.4 Å². The molecule has 0 bridgehead atoms. The van der Waals surface area contributed by atoms with E-state index in [1.54, 1.807) is 0 Å². The zero-order valence-corrected chi connectivity index (χ0v) is 33.4. The molecular formula is C45H78O6. The molecule has 0 heterocycles. The number of hydrogen-bond donors (Lipinski definition) is 0. The van der Waals surface area contributed by atoms with E-state index >= 15 is 0 Å². The lowest BCUT2D eigenvalue weighted by molar-refractivity contribution is -0.167. The number of hydrogen-bond acceptors (Lipinski definition) is 6. The van der Waals surface area contributed by atoms with Crippen LogP contribution in [-0.4, -0.2) is 37.2 Å². The normalized spacial score (nSPS) is 12.5. The summed E-state index contributed by atoms with van der Waals surface area (Å²) in [6.07, 6.45) is 45.2. The van der Waals surface area contributed by atoms with Crippen LogP contribution in [0.2, 0.25) is 0 Å². The number of ether oxygens (including phenoxy) is 3. The van der Waals surface area contributed by atoms with E-state index in [0.717, 1.165) is 109 Å². The summed E-state index contributed by atoms with van der Waals surface area (Å²) in [6.45, 7) is 6.41. The molecular weight excluding hydrogens is 636 g/mol. The Morgan fingerprint density at radius 2 is 0.784 bits per heavy atom. The number of carbonyl (C=O) groups is 3. The van der Waals surface area contributed by atoms with Crippen molar-refractivity contribution >= 4 is 17.9 Å². The van der Waals surface area contributed by atoms with Gasteiger partial charge in [0.25, 0.3) is 0 Å². The molecule has 6 heteroatoms. The van der Waals surface area contributed by atoms with E-state index in [1.807, 2.05) is 0 Å². The SMILES string of the molecule is CC/C=C\C/C=C\C/C=C\CCCCCCC(=O)OCC(COC(=O)CCCCCCCCCCC)OC(=O)CCCCCC/C=C\CCCC. The van der Waals surface area contributed by atoms with Crippen molar-refractivity contribution in [2.45, 2.75) is 207 Å². The second kappa shape index (κ2) is 40.1. The van der Waals surface area contributed by atoms with Crippen molar-refractivity contribution in [1.82, 2.24) is 0 Å². The summed E-state index contributed by atoms with van der Waals surface area (Å²) < 4.78 is 16.6. The van der Waals surface area contributed by atoms with E-state index in [1.165, 1.54) is 51.4 Å². The lowest BCUT2D eigenvalue weighted by Crippen LogP contribution is -2.30. The average Bonchev–Trinajstić information content (AvgIpc) is 3.12. The van der Waals surface area contributed by atoms with Crippen LogP contribution in [0, 0.1) is 0 Å². The van der Waals surface area contributed by atoms with Crippen LogP contribution < -0.4 is 0 Å². The summed E-state index contributed by atoms with van der Waals surface area (Å²) in [5, 5.41) is 0. The Morgan fingerprint density at radius 1 is 0.412 bits per heavy atom. The topological polar surface area (TPSA) is 78.9 Å². The van der Waals surface area contributed by atoms with Crippen molar-refractivity contribution in [3.05, 3.63) is 48.6 Å². The molecule has 0 spiro atoms. The first-order chi connectivity index (χ1) is 25.0. The van der Waals surface area contributed by atoms with Gasteiger partial charge in [0.15, 0.2) is 6.10 Å². The fourth-order valence-electron chi connectivity index (χ4n) is 5.61. The Morgan fingerprint density at radius 3 is 1.27 bits per heavy atom. The molecule has 0 aliphatic heterocycles. The quantitative estimate of drug-likeness (QED) is 0.0276. The third-order valence-electron chi connectivity index (χ3n) is 8.82. The van der Waals surface area contributed by atoms with Gasteiger partial charge in [0.05, 0.1) is 0 Å². The number of esters is 3. The molecule has 51 heavy (non-hydrogen) atoms. The summed E-state index contributed by atoms with van der Waals surface area (Å²) in [4.78, 5) is 37.5. The van der Waals surface area contributed by atoms with Crippen molar-refractivity contribution in [2.75, 3.05) is 13.2 Å². The molecule has 0 rings (SSSR count). The van der Waals surface area contributed by atoms with Gasteiger partial charge in [-0.15, -0.1) is 0 Å². The third-order valence-corrected chi connectivity index (χ3v) is 8.82. The molecule has 0 aromatic rings. The number of unbranched alkanes of at least 4 members (excludes halogenated alkanes) is 18. The second-order valence-electron chi connectivity index (χ2n) is 13.9. The van der Waals surface area contributed by atoms with E-state index in [9.17, 15) is 14.4 Å². The fourth-order valence-corrected chi connectivity index (χ4v) is 5.61. The van der Waals surface area contributed by atoms with Gasteiger partial charge in [0.1, 0.15) is 13.2 Å². The summed E-state index contributed by atoms with van der Waals surface area (Å²) in [6, 6.07) is 0. The third kappa shape index (κ3) is 38.4. The highest BCUT2D eigenvalue weighted by molar-refractivity contribution is 5.71. The number of carbonyl (C=O) groups excluding carboxylic acids is 3. The molecule has 0 fully saturated rings. The predicted octanol–water partition coefficient (Wildman–Crippen LogP) is 13.2. The molecule has 0 aromatic heterocycles. The van der Waals surface area contributed by atoms with Crippen LogP contribution in [0.3, 0.4) is 0 Å². The van der Waals surface area contributed by atoms with Crippen molar-refractivity contribution in [3.63, 3.8) is 0 Å². The fraction of sp³-hybridized carbons (Fsp3) is 0.756. The van der Waals surface area contributed by atoms with Gasteiger partial charge in [0, 0.05) is 19.3 Å². The van der Waals surface area contributed by atoms with Gasteiger partial charge in [-0.25, -0.2) is 0 Å². The Kier molecular flexibility index (Phi) is 38.1. The maximum Gasteiger partial charge on any atom is 0.306 e. The lowest BCUT2D eigenvalue weighted by Gasteiger charge is -2.18. The molecule has 0 aromatic carbocycles. The standard InChI is InChI=1S/C45H78O6/c1-4-7-10-13-16-19-21-22-23-24-27-29-32-35-38-44(47)50-41-42(40-49-43(46)37-34-31-28-25-18-15-12-9-6-3)51-45(48)39-36-33-30-26-20-17-14-11-8-5-2/h7,10,14,16-17,19,22-23,42H,4-6,8-9,11-13,15,18,20-21,24-41H2,1-3H3/b10-7-,17-14-,19-16-,23-22-. The van der Waals surface area contributed by atoms with Crippen molar-refractivity contribution < 1.29 is 28.6 Å². The highest BCUT2D eigenvalue weighted by atomic mass is 16.6. The number of rotatable bonds is 37. The van der Waals surface area contributed by atoms with Gasteiger partial charge < -0.3 is 14.2 Å². The first-order valence-electron chi connectivity index (χ1n) is 21.1. The van der Waals surface area contributed by atoms with Crippen molar-refractivity contribution in [3.8, 4) is 0 Å². The van der Waals surface area contributed by atoms with Crippen LogP contribution in [0.5, 0.6) is 0 Å². The molecule has 0 saturated heterocycles. The van der Waals surface area contributed by atoms with Crippen molar-refractivity contribution in [1.29, 1.82) is 0 Å². The molecule has 0 N–H and O–H groups in total. The van der Waals surface area contributed by atoms with E-state index in [4.69, 9.17) is 14.2 Å². The zero-order valence-electron chi connectivity index (χ0n) is 33.4. The molecule has 1 atom stereocenters. The summed E-state index contributed by atoms with van der Waals surface area (Å²) >= 11 is 0. The molecule has 0 aliphatic carbocycles. The Bertz CT molecular complexity index is 918. The summed E-state index contributed by atoms with van der Waals surface area (Å²) in [5.41, 5.74) is 0. The van der Waals surface area contributed by atoms with Crippen molar-refractivity contribution in [2.24, 2.45) is 0 Å². The van der Waals surface area contributed by atoms with Gasteiger partial charge in [-0.2, -0.15) is 0 Å². The van der Waals surface area contributed by atoms with Crippen LogP contribution in [0.4, 0.5) is 0 Å². The molecule has 0 amide bonds. The first-order valence-corrected chi connectivity index (χ1v) is 21.1. The van der Waals surface area contributed by atoms with Gasteiger partial charge in [-0.1, -0.05) is 159 Å². The molecule has 0 saturated carbocycles. The minimum absolute atomic E-state index is 0.0845. The van der Waals surface area contributed by atoms with E-state index in [2.05, 4.69) is 69.4 Å².